The van der Waals surface area contributed by atoms with Gasteiger partial charge in [-0.05, 0) is 12.8 Å². The normalized spacial score (nSPS) is 13.6. The van der Waals surface area contributed by atoms with E-state index >= 15 is 0 Å². The monoisotopic (exact) mass is 187 g/mol. The molecule has 0 fully saturated rings. The van der Waals surface area contributed by atoms with Gasteiger partial charge in [0.2, 0.25) is 0 Å². The summed E-state index contributed by atoms with van der Waals surface area (Å²) in [5, 5.41) is 10.8. The van der Waals surface area contributed by atoms with Gasteiger partial charge in [-0.25, -0.2) is 0 Å². The predicted octanol–water partition coefficient (Wildman–Crippen LogP) is 3.45. The van der Waals surface area contributed by atoms with Crippen LogP contribution in [0.1, 0.15) is 58.8 Å². The second kappa shape index (κ2) is 8.52. The Morgan fingerprint density at radius 1 is 1.00 bits per heavy atom. The van der Waals surface area contributed by atoms with Gasteiger partial charge in [0.05, 0.1) is 0 Å². The van der Waals surface area contributed by atoms with Crippen LogP contribution in [0.15, 0.2) is 0 Å². The Morgan fingerprint density at radius 2 is 1.54 bits per heavy atom. The van der Waals surface area contributed by atoms with Crippen LogP contribution in [0, 0.1) is 0 Å². The minimum absolute atomic E-state index is 0.381. The Kier molecular flexibility index (Phi) is 8.46. The highest BCUT2D eigenvalue weighted by Crippen LogP contribution is 2.13. The minimum atomic E-state index is 0.381. The maximum Gasteiger partial charge on any atom is 0.0347 e. The molecule has 0 amide bonds. The zero-order chi connectivity index (χ0) is 10.1. The van der Waals surface area contributed by atoms with Gasteiger partial charge in [-0.1, -0.05) is 46.0 Å². The summed E-state index contributed by atoms with van der Waals surface area (Å²) in [4.78, 5) is 0. The van der Waals surface area contributed by atoms with Crippen LogP contribution in [0.25, 0.3) is 0 Å². The molecule has 2 heteroatoms. The molecule has 2 nitrogen and oxygen atoms in total. The van der Waals surface area contributed by atoms with Crippen LogP contribution >= 0.6 is 0 Å². The molecule has 0 rings (SSSR count). The van der Waals surface area contributed by atoms with Crippen molar-refractivity contribution in [3.8, 4) is 0 Å². The van der Waals surface area contributed by atoms with E-state index in [0.29, 0.717) is 6.04 Å². The Bertz CT molecular complexity index is 104. The molecule has 0 heterocycles. The predicted molar refractivity (Wildman–Crippen MR) is 57.0 cm³/mol. The van der Waals surface area contributed by atoms with Crippen LogP contribution in [-0.4, -0.2) is 23.4 Å². The third-order valence-corrected chi connectivity index (χ3v) is 2.56. The van der Waals surface area contributed by atoms with E-state index in [1.54, 1.807) is 7.05 Å². The fraction of sp³-hybridized carbons (Fsp3) is 1.00. The van der Waals surface area contributed by atoms with Gasteiger partial charge in [0, 0.05) is 13.1 Å². The van der Waals surface area contributed by atoms with Crippen molar-refractivity contribution in [2.45, 2.75) is 64.8 Å². The first kappa shape index (κ1) is 12.9. The molecular formula is C11H25NO. The van der Waals surface area contributed by atoms with Crippen molar-refractivity contribution >= 4 is 0 Å². The molecule has 0 aromatic carbocycles. The summed E-state index contributed by atoms with van der Waals surface area (Å²) in [6, 6.07) is 0.381. The van der Waals surface area contributed by atoms with Crippen molar-refractivity contribution in [2.24, 2.45) is 0 Å². The summed E-state index contributed by atoms with van der Waals surface area (Å²) >= 11 is 0. The van der Waals surface area contributed by atoms with Crippen LogP contribution in [0.5, 0.6) is 0 Å². The van der Waals surface area contributed by atoms with E-state index in [2.05, 4.69) is 13.8 Å². The van der Waals surface area contributed by atoms with Crippen LogP contribution < -0.4 is 0 Å². The summed E-state index contributed by atoms with van der Waals surface area (Å²) < 4.78 is 0. The van der Waals surface area contributed by atoms with Crippen LogP contribution in [0.2, 0.25) is 0 Å². The Labute approximate surface area is 82.9 Å². The highest BCUT2D eigenvalue weighted by Gasteiger charge is 2.11. The molecule has 0 aromatic heterocycles. The first-order chi connectivity index (χ1) is 6.22. The van der Waals surface area contributed by atoms with E-state index in [9.17, 15) is 5.21 Å². The molecule has 0 aliphatic carbocycles. The lowest BCUT2D eigenvalue weighted by atomic mass is 10.0. The quantitative estimate of drug-likeness (QED) is 0.465. The average Bonchev–Trinajstić information content (AvgIpc) is 2.10. The SMILES string of the molecule is CCCCCC(CCCC)N(C)O. The first-order valence-corrected chi connectivity index (χ1v) is 5.64. The fourth-order valence-corrected chi connectivity index (χ4v) is 1.59. The zero-order valence-electron chi connectivity index (χ0n) is 9.42. The van der Waals surface area contributed by atoms with Crippen molar-refractivity contribution < 1.29 is 5.21 Å². The maximum atomic E-state index is 9.37. The molecule has 0 aliphatic rings. The Hall–Kier alpha value is -0.0800. The Morgan fingerprint density at radius 3 is 2.00 bits per heavy atom. The number of nitrogens with zero attached hydrogens (tertiary/aromatic N) is 1. The molecule has 0 aliphatic heterocycles. The topological polar surface area (TPSA) is 23.5 Å². The van der Waals surface area contributed by atoms with E-state index in [0.717, 1.165) is 12.8 Å². The third-order valence-electron chi connectivity index (χ3n) is 2.56. The lowest BCUT2D eigenvalue weighted by Gasteiger charge is -2.22. The minimum Gasteiger partial charge on any atom is -0.314 e. The first-order valence-electron chi connectivity index (χ1n) is 5.64. The molecule has 13 heavy (non-hydrogen) atoms. The zero-order valence-corrected chi connectivity index (χ0v) is 9.42. The van der Waals surface area contributed by atoms with Gasteiger partial charge < -0.3 is 5.21 Å². The van der Waals surface area contributed by atoms with Crippen LogP contribution in [0.3, 0.4) is 0 Å². The molecular weight excluding hydrogens is 162 g/mol. The number of hydrogen-bond acceptors (Lipinski definition) is 2. The van der Waals surface area contributed by atoms with Crippen molar-refractivity contribution in [2.75, 3.05) is 7.05 Å². The summed E-state index contributed by atoms with van der Waals surface area (Å²) in [5.74, 6) is 0. The summed E-state index contributed by atoms with van der Waals surface area (Å²) in [6.07, 6.45) is 8.51. The Balaban J connectivity index is 3.54. The number of rotatable bonds is 8. The molecule has 0 saturated carbocycles. The van der Waals surface area contributed by atoms with E-state index in [1.165, 1.54) is 37.2 Å². The summed E-state index contributed by atoms with van der Waals surface area (Å²) in [7, 11) is 1.77. The van der Waals surface area contributed by atoms with E-state index in [1.807, 2.05) is 0 Å². The van der Waals surface area contributed by atoms with Gasteiger partial charge in [0.15, 0.2) is 0 Å². The summed E-state index contributed by atoms with van der Waals surface area (Å²) in [5.41, 5.74) is 0. The number of unbranched alkanes of at least 4 members (excludes halogenated alkanes) is 3. The summed E-state index contributed by atoms with van der Waals surface area (Å²) in [6.45, 7) is 4.41. The van der Waals surface area contributed by atoms with Crippen molar-refractivity contribution in [3.05, 3.63) is 0 Å². The van der Waals surface area contributed by atoms with Crippen LogP contribution in [0.4, 0.5) is 0 Å². The molecule has 0 radical (unpaired) electrons. The lowest BCUT2D eigenvalue weighted by Crippen LogP contribution is -2.28. The van der Waals surface area contributed by atoms with Crippen molar-refractivity contribution in [3.63, 3.8) is 0 Å². The third kappa shape index (κ3) is 7.03. The van der Waals surface area contributed by atoms with Gasteiger partial charge in [0.1, 0.15) is 0 Å². The van der Waals surface area contributed by atoms with E-state index in [4.69, 9.17) is 0 Å². The largest absolute Gasteiger partial charge is 0.314 e. The molecule has 1 atom stereocenters. The molecule has 0 aromatic rings. The maximum absolute atomic E-state index is 9.37. The number of hydroxylamine groups is 2. The molecule has 0 saturated heterocycles. The van der Waals surface area contributed by atoms with E-state index < -0.39 is 0 Å². The lowest BCUT2D eigenvalue weighted by molar-refractivity contribution is -0.107. The average molecular weight is 187 g/mol. The highest BCUT2D eigenvalue weighted by atomic mass is 16.5. The smallest absolute Gasteiger partial charge is 0.0347 e. The molecule has 0 bridgehead atoms. The van der Waals surface area contributed by atoms with Gasteiger partial charge in [-0.15, -0.1) is 0 Å². The molecule has 80 valence electrons. The van der Waals surface area contributed by atoms with Gasteiger partial charge in [-0.3, -0.25) is 0 Å². The highest BCUT2D eigenvalue weighted by molar-refractivity contribution is 4.63. The van der Waals surface area contributed by atoms with Gasteiger partial charge in [-0.2, -0.15) is 5.06 Å². The van der Waals surface area contributed by atoms with Crippen molar-refractivity contribution in [1.29, 1.82) is 0 Å². The molecule has 1 N–H and O–H groups in total. The fourth-order valence-electron chi connectivity index (χ4n) is 1.59. The second-order valence-corrected chi connectivity index (χ2v) is 3.87. The van der Waals surface area contributed by atoms with E-state index in [-0.39, 0.29) is 0 Å². The van der Waals surface area contributed by atoms with Crippen molar-refractivity contribution in [1.82, 2.24) is 5.06 Å². The molecule has 0 spiro atoms. The molecule has 1 unspecified atom stereocenters. The second-order valence-electron chi connectivity index (χ2n) is 3.87. The van der Waals surface area contributed by atoms with Crippen LogP contribution in [-0.2, 0) is 0 Å². The number of hydrogen-bond donors (Lipinski definition) is 1. The van der Waals surface area contributed by atoms with Gasteiger partial charge >= 0.3 is 0 Å². The standard InChI is InChI=1S/C11H25NO/c1-4-6-8-10-11(12(3)13)9-7-5-2/h11,13H,4-10H2,1-3H3. The van der Waals surface area contributed by atoms with Gasteiger partial charge in [0.25, 0.3) is 0 Å².